The van der Waals surface area contributed by atoms with E-state index in [1.54, 1.807) is 0 Å². The van der Waals surface area contributed by atoms with Gasteiger partial charge in [-0.3, -0.25) is 4.79 Å². The van der Waals surface area contributed by atoms with Crippen molar-refractivity contribution in [3.63, 3.8) is 0 Å². The van der Waals surface area contributed by atoms with Crippen molar-refractivity contribution in [2.75, 3.05) is 26.7 Å². The zero-order chi connectivity index (χ0) is 18.7. The predicted octanol–water partition coefficient (Wildman–Crippen LogP) is 4.26. The van der Waals surface area contributed by atoms with Crippen molar-refractivity contribution in [2.45, 2.75) is 82.2 Å². The van der Waals surface area contributed by atoms with Gasteiger partial charge in [-0.2, -0.15) is 0 Å². The highest BCUT2D eigenvalue weighted by Gasteiger charge is 2.38. The van der Waals surface area contributed by atoms with Crippen molar-refractivity contribution in [2.24, 2.45) is 5.92 Å². The smallest absolute Gasteiger partial charge is 0.224 e. The molecule has 2 atom stereocenters. The first kappa shape index (κ1) is 19.0. The van der Waals surface area contributed by atoms with Crippen LogP contribution in [0, 0.1) is 5.92 Å². The average molecular weight is 372 g/mol. The van der Waals surface area contributed by atoms with Crippen molar-refractivity contribution in [1.29, 1.82) is 0 Å². The van der Waals surface area contributed by atoms with Gasteiger partial charge in [0, 0.05) is 32.0 Å². The van der Waals surface area contributed by atoms with Gasteiger partial charge in [0.15, 0.2) is 0 Å². The summed E-state index contributed by atoms with van der Waals surface area (Å²) in [6.45, 7) is 3.49. The Morgan fingerprint density at radius 1 is 1.00 bits per heavy atom. The third-order valence-corrected chi connectivity index (χ3v) is 7.58. The molecule has 4 heteroatoms. The van der Waals surface area contributed by atoms with Gasteiger partial charge < -0.3 is 14.4 Å². The molecule has 1 saturated carbocycles. The summed E-state index contributed by atoms with van der Waals surface area (Å²) in [4.78, 5) is 18.0. The van der Waals surface area contributed by atoms with Crippen molar-refractivity contribution in [3.8, 4) is 0 Å². The highest BCUT2D eigenvalue weighted by atomic mass is 16.2. The van der Waals surface area contributed by atoms with Crippen LogP contribution in [0.4, 0.5) is 0 Å². The SMILES string of the molecule is CN(C[C@@H]1CCCN2CCCC[C@H]12)C(=O)CC1(n2cccc2)CCCCC1. The second kappa shape index (κ2) is 8.38. The van der Waals surface area contributed by atoms with Gasteiger partial charge in [0.05, 0.1) is 12.0 Å². The standard InChI is InChI=1S/C23H37N3O/c1-24(19-20-10-9-15-25-14-6-3-11-21(20)25)22(27)18-23(12-4-2-5-13-23)26-16-7-8-17-26/h7-8,16-17,20-21H,2-6,9-15,18-19H2,1H3/t20-,21+/m0/s1. The number of fused-ring (bicyclic) bond motifs is 1. The fourth-order valence-electron chi connectivity index (χ4n) is 6.05. The molecule has 1 amide bonds. The minimum Gasteiger partial charge on any atom is -0.348 e. The fourth-order valence-corrected chi connectivity index (χ4v) is 6.05. The van der Waals surface area contributed by atoms with Gasteiger partial charge in [0.1, 0.15) is 0 Å². The van der Waals surface area contributed by atoms with E-state index in [0.717, 1.165) is 25.4 Å². The van der Waals surface area contributed by atoms with Gasteiger partial charge in [-0.1, -0.05) is 25.7 Å². The Bertz CT molecular complexity index is 603. The van der Waals surface area contributed by atoms with E-state index in [-0.39, 0.29) is 5.54 Å². The van der Waals surface area contributed by atoms with E-state index in [2.05, 4.69) is 45.9 Å². The summed E-state index contributed by atoms with van der Waals surface area (Å²) in [6, 6.07) is 4.92. The third-order valence-electron chi connectivity index (χ3n) is 7.58. The molecule has 0 bridgehead atoms. The summed E-state index contributed by atoms with van der Waals surface area (Å²) < 4.78 is 2.33. The van der Waals surface area contributed by atoms with Crippen LogP contribution in [0.25, 0.3) is 0 Å². The van der Waals surface area contributed by atoms with Gasteiger partial charge in [0.2, 0.25) is 5.91 Å². The normalized spacial score (nSPS) is 28.5. The van der Waals surface area contributed by atoms with Gasteiger partial charge in [-0.25, -0.2) is 0 Å². The Morgan fingerprint density at radius 3 is 2.52 bits per heavy atom. The summed E-state index contributed by atoms with van der Waals surface area (Å²) in [7, 11) is 2.05. The van der Waals surface area contributed by atoms with E-state index in [0.29, 0.717) is 18.2 Å². The molecule has 3 heterocycles. The molecule has 27 heavy (non-hydrogen) atoms. The number of carbonyl (C=O) groups is 1. The molecular formula is C23H37N3O. The van der Waals surface area contributed by atoms with Crippen molar-refractivity contribution in [3.05, 3.63) is 24.5 Å². The molecule has 1 aromatic heterocycles. The van der Waals surface area contributed by atoms with E-state index in [4.69, 9.17) is 0 Å². The summed E-state index contributed by atoms with van der Waals surface area (Å²) in [5.74, 6) is 1.01. The molecule has 2 saturated heterocycles. The van der Waals surface area contributed by atoms with Gasteiger partial charge in [-0.15, -0.1) is 0 Å². The first-order valence-electron chi connectivity index (χ1n) is 11.3. The van der Waals surface area contributed by atoms with Crippen LogP contribution in [-0.2, 0) is 10.3 Å². The minimum atomic E-state index is 0.0104. The van der Waals surface area contributed by atoms with Crippen LogP contribution in [0.1, 0.15) is 70.6 Å². The van der Waals surface area contributed by atoms with Crippen LogP contribution in [0.15, 0.2) is 24.5 Å². The Hall–Kier alpha value is -1.29. The number of aromatic nitrogens is 1. The van der Waals surface area contributed by atoms with Crippen LogP contribution in [0.2, 0.25) is 0 Å². The van der Waals surface area contributed by atoms with E-state index >= 15 is 0 Å². The molecule has 3 aliphatic rings. The number of amides is 1. The Labute approximate surface area is 164 Å². The first-order chi connectivity index (χ1) is 13.2. The summed E-state index contributed by atoms with van der Waals surface area (Å²) in [5.41, 5.74) is 0.0104. The number of hydrogen-bond donors (Lipinski definition) is 0. The maximum Gasteiger partial charge on any atom is 0.224 e. The van der Waals surface area contributed by atoms with Crippen LogP contribution < -0.4 is 0 Å². The van der Waals surface area contributed by atoms with Crippen molar-refractivity contribution < 1.29 is 4.79 Å². The molecule has 0 unspecified atom stereocenters. The van der Waals surface area contributed by atoms with Crippen molar-refractivity contribution >= 4 is 5.91 Å². The number of piperidine rings is 2. The average Bonchev–Trinajstić information content (AvgIpc) is 3.24. The second-order valence-electron chi connectivity index (χ2n) is 9.33. The van der Waals surface area contributed by atoms with Crippen molar-refractivity contribution in [1.82, 2.24) is 14.4 Å². The molecule has 1 aromatic rings. The number of carbonyl (C=O) groups excluding carboxylic acids is 1. The first-order valence-corrected chi connectivity index (χ1v) is 11.3. The largest absolute Gasteiger partial charge is 0.348 e. The minimum absolute atomic E-state index is 0.0104. The maximum atomic E-state index is 13.2. The monoisotopic (exact) mass is 371 g/mol. The Kier molecular flexibility index (Phi) is 5.91. The fraction of sp³-hybridized carbons (Fsp3) is 0.783. The molecule has 4 nitrogen and oxygen atoms in total. The summed E-state index contributed by atoms with van der Waals surface area (Å²) in [5, 5.41) is 0. The number of nitrogens with zero attached hydrogens (tertiary/aromatic N) is 3. The topological polar surface area (TPSA) is 28.5 Å². The molecule has 2 aliphatic heterocycles. The predicted molar refractivity (Wildman–Crippen MR) is 110 cm³/mol. The lowest BCUT2D eigenvalue weighted by molar-refractivity contribution is -0.134. The summed E-state index contributed by atoms with van der Waals surface area (Å²) >= 11 is 0. The number of hydrogen-bond acceptors (Lipinski definition) is 2. The number of rotatable bonds is 5. The molecular weight excluding hydrogens is 334 g/mol. The molecule has 4 rings (SSSR count). The van der Waals surface area contributed by atoms with Crippen LogP contribution in [0.3, 0.4) is 0 Å². The van der Waals surface area contributed by atoms with Crippen LogP contribution >= 0.6 is 0 Å². The third kappa shape index (κ3) is 4.11. The zero-order valence-electron chi connectivity index (χ0n) is 17.1. The lowest BCUT2D eigenvalue weighted by atomic mass is 9.78. The van der Waals surface area contributed by atoms with E-state index in [9.17, 15) is 4.79 Å². The zero-order valence-corrected chi connectivity index (χ0v) is 17.1. The molecule has 0 aromatic carbocycles. The molecule has 3 fully saturated rings. The molecule has 0 N–H and O–H groups in total. The van der Waals surface area contributed by atoms with E-state index < -0.39 is 0 Å². The quantitative estimate of drug-likeness (QED) is 0.774. The Balaban J connectivity index is 1.41. The maximum absolute atomic E-state index is 13.2. The molecule has 150 valence electrons. The van der Waals surface area contributed by atoms with E-state index in [1.165, 1.54) is 64.5 Å². The van der Waals surface area contributed by atoms with Gasteiger partial charge >= 0.3 is 0 Å². The Morgan fingerprint density at radius 2 is 1.74 bits per heavy atom. The van der Waals surface area contributed by atoms with Crippen LogP contribution in [-0.4, -0.2) is 53.0 Å². The highest BCUT2D eigenvalue weighted by Crippen LogP contribution is 2.39. The van der Waals surface area contributed by atoms with Gasteiger partial charge in [0.25, 0.3) is 0 Å². The van der Waals surface area contributed by atoms with Gasteiger partial charge in [-0.05, 0) is 69.7 Å². The molecule has 1 aliphatic carbocycles. The lowest BCUT2D eigenvalue weighted by Gasteiger charge is -2.45. The highest BCUT2D eigenvalue weighted by molar-refractivity contribution is 5.77. The summed E-state index contributed by atoms with van der Waals surface area (Å²) in [6.07, 6.45) is 17.7. The van der Waals surface area contributed by atoms with Crippen LogP contribution in [0.5, 0.6) is 0 Å². The second-order valence-corrected chi connectivity index (χ2v) is 9.33. The molecule has 0 radical (unpaired) electrons. The van der Waals surface area contributed by atoms with E-state index in [1.807, 2.05) is 0 Å². The molecule has 0 spiro atoms. The lowest BCUT2D eigenvalue weighted by Crippen LogP contribution is -2.51.